The lowest BCUT2D eigenvalue weighted by molar-refractivity contribution is 0.0797. The Morgan fingerprint density at radius 3 is 2.48 bits per heavy atom. The monoisotopic (exact) mass is 469 g/mol. The van der Waals surface area contributed by atoms with Gasteiger partial charge in [0.25, 0.3) is 0 Å². The summed E-state index contributed by atoms with van der Waals surface area (Å²) in [6, 6.07) is 13.0. The maximum Gasteiger partial charge on any atom is 0.243 e. The number of H-pyrrole nitrogens is 1. The fraction of sp³-hybridized carbons (Fsp3) is 0.440. The van der Waals surface area contributed by atoms with Gasteiger partial charge in [0, 0.05) is 47.7 Å². The summed E-state index contributed by atoms with van der Waals surface area (Å²) in [7, 11) is 0.164. The van der Waals surface area contributed by atoms with E-state index in [9.17, 15) is 13.5 Å². The number of hydrogen-bond donors (Lipinski definition) is 2. The second-order valence-electron chi connectivity index (χ2n) is 9.44. The molecule has 1 fully saturated rings. The average Bonchev–Trinajstić information content (AvgIpc) is 3.19. The number of nitrogens with zero attached hydrogens (tertiary/aromatic N) is 2. The molecule has 1 saturated heterocycles. The molecule has 2 aliphatic heterocycles. The van der Waals surface area contributed by atoms with Gasteiger partial charge in [-0.05, 0) is 56.6 Å². The molecule has 176 valence electrons. The molecule has 0 bridgehead atoms. The Bertz CT molecular complexity index is 1270. The van der Waals surface area contributed by atoms with Gasteiger partial charge in [0.2, 0.25) is 10.0 Å². The van der Waals surface area contributed by atoms with Crippen LogP contribution in [0.2, 0.25) is 0 Å². The SMILES string of the molecule is COc1ccc2c3c([nH]c2c1)[C@@H](CO)N(C)CC31CCN(S(=O)(=O)c2ccc(C)cc2)CC1. The third kappa shape index (κ3) is 3.56. The maximum atomic E-state index is 13.3. The van der Waals surface area contributed by atoms with Crippen molar-refractivity contribution in [3.8, 4) is 5.75 Å². The van der Waals surface area contributed by atoms with Crippen LogP contribution in [-0.2, 0) is 15.4 Å². The number of fused-ring (bicyclic) bond motifs is 4. The third-order valence-corrected chi connectivity index (χ3v) is 9.41. The van der Waals surface area contributed by atoms with E-state index < -0.39 is 10.0 Å². The smallest absolute Gasteiger partial charge is 0.243 e. The molecule has 7 nitrogen and oxygen atoms in total. The molecule has 3 heterocycles. The summed E-state index contributed by atoms with van der Waals surface area (Å²) in [5.74, 6) is 0.781. The number of piperidine rings is 1. The van der Waals surface area contributed by atoms with Gasteiger partial charge in [-0.2, -0.15) is 4.31 Å². The van der Waals surface area contributed by atoms with Crippen molar-refractivity contribution in [2.45, 2.75) is 36.1 Å². The van der Waals surface area contributed by atoms with Gasteiger partial charge >= 0.3 is 0 Å². The highest BCUT2D eigenvalue weighted by Crippen LogP contribution is 2.49. The maximum absolute atomic E-state index is 13.3. The van der Waals surface area contributed by atoms with Crippen molar-refractivity contribution >= 4 is 20.9 Å². The van der Waals surface area contributed by atoms with Crippen LogP contribution in [-0.4, -0.2) is 68.1 Å². The van der Waals surface area contributed by atoms with E-state index in [1.807, 2.05) is 38.2 Å². The van der Waals surface area contributed by atoms with Crippen molar-refractivity contribution in [3.05, 3.63) is 59.3 Å². The van der Waals surface area contributed by atoms with E-state index in [2.05, 4.69) is 16.0 Å². The lowest BCUT2D eigenvalue weighted by Crippen LogP contribution is -2.53. The van der Waals surface area contributed by atoms with Crippen LogP contribution >= 0.6 is 0 Å². The molecule has 0 amide bonds. The molecule has 2 aromatic carbocycles. The van der Waals surface area contributed by atoms with Crippen molar-refractivity contribution < 1.29 is 18.3 Å². The molecule has 1 atom stereocenters. The Morgan fingerprint density at radius 2 is 1.85 bits per heavy atom. The van der Waals surface area contributed by atoms with Crippen molar-refractivity contribution in [1.29, 1.82) is 0 Å². The Labute approximate surface area is 195 Å². The predicted molar refractivity (Wildman–Crippen MR) is 128 cm³/mol. The van der Waals surface area contributed by atoms with Gasteiger partial charge < -0.3 is 14.8 Å². The number of aryl methyl sites for hydroxylation is 1. The van der Waals surface area contributed by atoms with Crippen LogP contribution in [0.25, 0.3) is 10.9 Å². The number of aliphatic hydroxyl groups is 1. The summed E-state index contributed by atoms with van der Waals surface area (Å²) in [4.78, 5) is 6.10. The van der Waals surface area contributed by atoms with E-state index in [1.165, 1.54) is 5.56 Å². The largest absolute Gasteiger partial charge is 0.497 e. The van der Waals surface area contributed by atoms with E-state index >= 15 is 0 Å². The van der Waals surface area contributed by atoms with Crippen LogP contribution in [0.4, 0.5) is 0 Å². The van der Waals surface area contributed by atoms with E-state index in [-0.39, 0.29) is 18.1 Å². The first-order valence-electron chi connectivity index (χ1n) is 11.4. The molecule has 33 heavy (non-hydrogen) atoms. The Kier molecular flexibility index (Phi) is 5.52. The minimum Gasteiger partial charge on any atom is -0.497 e. The van der Waals surface area contributed by atoms with Gasteiger partial charge in [0.05, 0.1) is 24.7 Å². The first-order chi connectivity index (χ1) is 15.8. The van der Waals surface area contributed by atoms with Gasteiger partial charge in [0.15, 0.2) is 0 Å². The number of methoxy groups -OCH3 is 1. The highest BCUT2D eigenvalue weighted by atomic mass is 32.2. The number of sulfonamides is 1. The minimum absolute atomic E-state index is 0.0253. The van der Waals surface area contributed by atoms with E-state index in [4.69, 9.17) is 4.74 Å². The fourth-order valence-electron chi connectivity index (χ4n) is 5.69. The number of nitrogens with one attached hydrogen (secondary N) is 1. The van der Waals surface area contributed by atoms with Crippen LogP contribution in [0.3, 0.4) is 0 Å². The Morgan fingerprint density at radius 1 is 1.15 bits per heavy atom. The van der Waals surface area contributed by atoms with Crippen molar-refractivity contribution in [1.82, 2.24) is 14.2 Å². The van der Waals surface area contributed by atoms with Crippen LogP contribution < -0.4 is 4.74 Å². The summed E-state index contributed by atoms with van der Waals surface area (Å²) in [5, 5.41) is 11.3. The highest BCUT2D eigenvalue weighted by molar-refractivity contribution is 7.89. The average molecular weight is 470 g/mol. The molecule has 5 rings (SSSR count). The molecule has 8 heteroatoms. The van der Waals surface area contributed by atoms with Crippen molar-refractivity contribution in [2.24, 2.45) is 0 Å². The van der Waals surface area contributed by atoms with Crippen LogP contribution in [0.5, 0.6) is 5.75 Å². The molecular formula is C25H31N3O4S. The van der Waals surface area contributed by atoms with Gasteiger partial charge in [-0.25, -0.2) is 8.42 Å². The molecule has 2 N–H and O–H groups in total. The number of aromatic nitrogens is 1. The van der Waals surface area contributed by atoms with Gasteiger partial charge in [-0.1, -0.05) is 17.7 Å². The van der Waals surface area contributed by atoms with E-state index in [1.54, 1.807) is 23.5 Å². The number of hydrogen-bond acceptors (Lipinski definition) is 5. The number of likely N-dealkylation sites (N-methyl/N-ethyl adjacent to an activating group) is 1. The lowest BCUT2D eigenvalue weighted by Gasteiger charge is -2.49. The molecule has 0 aliphatic carbocycles. The first-order valence-corrected chi connectivity index (χ1v) is 12.8. The number of aromatic amines is 1. The minimum atomic E-state index is -3.52. The summed E-state index contributed by atoms with van der Waals surface area (Å²) >= 11 is 0. The van der Waals surface area contributed by atoms with Crippen molar-refractivity contribution in [2.75, 3.05) is 40.4 Å². The molecule has 0 unspecified atom stereocenters. The summed E-state index contributed by atoms with van der Waals surface area (Å²) < 4.78 is 33.6. The van der Waals surface area contributed by atoms with Crippen molar-refractivity contribution in [3.63, 3.8) is 0 Å². The van der Waals surface area contributed by atoms with E-state index in [0.29, 0.717) is 18.0 Å². The van der Waals surface area contributed by atoms with Crippen LogP contribution in [0.1, 0.15) is 35.7 Å². The van der Waals surface area contributed by atoms with Gasteiger partial charge in [-0.3, -0.25) is 4.90 Å². The molecular weight excluding hydrogens is 438 g/mol. The van der Waals surface area contributed by atoms with Crippen LogP contribution in [0.15, 0.2) is 47.4 Å². The molecule has 2 aliphatic rings. The number of rotatable bonds is 4. The predicted octanol–water partition coefficient (Wildman–Crippen LogP) is 3.19. The zero-order chi connectivity index (χ0) is 23.4. The zero-order valence-corrected chi connectivity index (χ0v) is 20.2. The molecule has 1 aromatic heterocycles. The molecule has 1 spiro atoms. The second kappa shape index (κ2) is 8.13. The number of aliphatic hydroxyl groups excluding tert-OH is 1. The quantitative estimate of drug-likeness (QED) is 0.613. The fourth-order valence-corrected chi connectivity index (χ4v) is 7.13. The summed E-state index contributed by atoms with van der Waals surface area (Å²) in [5.41, 5.74) is 4.11. The molecule has 0 radical (unpaired) electrons. The van der Waals surface area contributed by atoms with E-state index in [0.717, 1.165) is 47.3 Å². The number of ether oxygens (including phenoxy) is 1. The highest BCUT2D eigenvalue weighted by Gasteiger charge is 2.47. The first kappa shape index (κ1) is 22.4. The van der Waals surface area contributed by atoms with Gasteiger partial charge in [0.1, 0.15) is 5.75 Å². The zero-order valence-electron chi connectivity index (χ0n) is 19.3. The summed E-state index contributed by atoms with van der Waals surface area (Å²) in [6.45, 7) is 3.70. The number of benzene rings is 2. The summed E-state index contributed by atoms with van der Waals surface area (Å²) in [6.07, 6.45) is 1.46. The standard InChI is InChI=1S/C25H31N3O4S/c1-17-4-7-19(8-5-17)33(30,31)28-12-10-25(11-13-28)16-27(2)22(15-29)24-23(25)20-9-6-18(32-3)14-21(20)26-24/h4-9,14,22,26,29H,10-13,15-16H2,1-3H3/t22-/m1/s1. The third-order valence-electron chi connectivity index (χ3n) is 7.49. The molecule has 0 saturated carbocycles. The normalized spacial score (nSPS) is 21.4. The Balaban J connectivity index is 1.52. The topological polar surface area (TPSA) is 85.9 Å². The second-order valence-corrected chi connectivity index (χ2v) is 11.4. The van der Waals surface area contributed by atoms with Crippen LogP contribution in [0, 0.1) is 6.92 Å². The van der Waals surface area contributed by atoms with Gasteiger partial charge in [-0.15, -0.1) is 0 Å². The Hall–Kier alpha value is -2.39. The molecule has 3 aromatic rings. The lowest BCUT2D eigenvalue weighted by atomic mass is 9.68.